The molecule has 2 aliphatic heterocycles. The summed E-state index contributed by atoms with van der Waals surface area (Å²) in [7, 11) is 0. The minimum absolute atomic E-state index is 0.0291. The van der Waals surface area contributed by atoms with Crippen LogP contribution in [0.3, 0.4) is 0 Å². The zero-order valence-electron chi connectivity index (χ0n) is 13.6. The molecule has 0 spiro atoms. The summed E-state index contributed by atoms with van der Waals surface area (Å²) in [4.78, 5) is 29.2. The lowest BCUT2D eigenvalue weighted by Crippen LogP contribution is -2.50. The predicted molar refractivity (Wildman–Crippen MR) is 85.4 cm³/mol. The van der Waals surface area contributed by atoms with Crippen LogP contribution in [0, 0.1) is 0 Å². The summed E-state index contributed by atoms with van der Waals surface area (Å²) >= 11 is 0. The molecule has 0 N–H and O–H groups in total. The monoisotopic (exact) mass is 342 g/mol. The summed E-state index contributed by atoms with van der Waals surface area (Å²) < 4.78 is 7.04. The zero-order valence-corrected chi connectivity index (χ0v) is 13.6. The molecule has 130 valence electrons. The highest BCUT2D eigenvalue weighted by atomic mass is 16.5. The lowest BCUT2D eigenvalue weighted by Gasteiger charge is -2.36. The van der Waals surface area contributed by atoms with Gasteiger partial charge in [-0.1, -0.05) is 0 Å². The number of hydrogen-bond donors (Lipinski definition) is 0. The van der Waals surface area contributed by atoms with Gasteiger partial charge in [-0.15, -0.1) is 0 Å². The highest BCUT2D eigenvalue weighted by molar-refractivity contribution is 5.94. The average molecular weight is 342 g/mol. The molecule has 0 aliphatic carbocycles. The van der Waals surface area contributed by atoms with Gasteiger partial charge >= 0.3 is 0 Å². The largest absolute Gasteiger partial charge is 0.378 e. The number of carbonyl (C=O) groups excluding carboxylic acids is 2. The molecule has 2 amide bonds. The molecule has 1 saturated heterocycles. The SMILES string of the molecule is O=C(c1ccnnc1)N1Cc2ccnn2[C@H](C(=O)N2CCOCC2)C1. The van der Waals surface area contributed by atoms with Gasteiger partial charge in [0.25, 0.3) is 5.91 Å². The topological polar surface area (TPSA) is 93.5 Å². The number of amides is 2. The van der Waals surface area contributed by atoms with E-state index >= 15 is 0 Å². The normalized spacial score (nSPS) is 20.2. The van der Waals surface area contributed by atoms with E-state index in [1.54, 1.807) is 26.7 Å². The maximum Gasteiger partial charge on any atom is 0.255 e. The van der Waals surface area contributed by atoms with E-state index < -0.39 is 6.04 Å². The Morgan fingerprint density at radius 1 is 1.08 bits per heavy atom. The smallest absolute Gasteiger partial charge is 0.255 e. The van der Waals surface area contributed by atoms with Gasteiger partial charge in [0.1, 0.15) is 6.04 Å². The summed E-state index contributed by atoms with van der Waals surface area (Å²) in [6, 6.07) is 2.94. The molecular formula is C16H18N6O3. The predicted octanol–water partition coefficient (Wildman–Crippen LogP) is -0.271. The number of ether oxygens (including phenoxy) is 1. The van der Waals surface area contributed by atoms with E-state index in [2.05, 4.69) is 15.3 Å². The molecular weight excluding hydrogens is 324 g/mol. The van der Waals surface area contributed by atoms with E-state index in [4.69, 9.17) is 4.74 Å². The van der Waals surface area contributed by atoms with Crippen molar-refractivity contribution in [2.24, 2.45) is 0 Å². The van der Waals surface area contributed by atoms with Crippen LogP contribution in [-0.4, -0.2) is 74.4 Å². The van der Waals surface area contributed by atoms with Crippen molar-refractivity contribution in [1.82, 2.24) is 29.8 Å². The van der Waals surface area contributed by atoms with Crippen LogP contribution >= 0.6 is 0 Å². The van der Waals surface area contributed by atoms with Crippen LogP contribution in [0.25, 0.3) is 0 Å². The van der Waals surface area contributed by atoms with Crippen LogP contribution in [-0.2, 0) is 16.1 Å². The van der Waals surface area contributed by atoms with E-state index in [1.165, 1.54) is 12.4 Å². The molecule has 0 radical (unpaired) electrons. The highest BCUT2D eigenvalue weighted by Gasteiger charge is 2.36. The molecule has 25 heavy (non-hydrogen) atoms. The maximum absolute atomic E-state index is 13.0. The highest BCUT2D eigenvalue weighted by Crippen LogP contribution is 2.24. The maximum atomic E-state index is 13.0. The molecule has 2 aromatic heterocycles. The molecule has 9 nitrogen and oxygen atoms in total. The lowest BCUT2D eigenvalue weighted by atomic mass is 10.1. The number of aromatic nitrogens is 4. The third-order valence-electron chi connectivity index (χ3n) is 4.52. The summed E-state index contributed by atoms with van der Waals surface area (Å²) in [5.74, 6) is -0.194. The quantitative estimate of drug-likeness (QED) is 0.746. The fourth-order valence-electron chi connectivity index (χ4n) is 3.23. The van der Waals surface area contributed by atoms with Gasteiger partial charge in [-0.05, 0) is 12.1 Å². The molecule has 4 rings (SSSR count). The Balaban J connectivity index is 1.59. The fraction of sp³-hybridized carbons (Fsp3) is 0.438. The first-order chi connectivity index (χ1) is 12.2. The van der Waals surface area contributed by atoms with E-state index in [0.29, 0.717) is 38.4 Å². The van der Waals surface area contributed by atoms with Gasteiger partial charge in [0.2, 0.25) is 5.91 Å². The van der Waals surface area contributed by atoms with Crippen molar-refractivity contribution in [1.29, 1.82) is 0 Å². The van der Waals surface area contributed by atoms with Gasteiger partial charge in [-0.2, -0.15) is 15.3 Å². The van der Waals surface area contributed by atoms with Gasteiger partial charge in [-0.25, -0.2) is 0 Å². The minimum Gasteiger partial charge on any atom is -0.378 e. The van der Waals surface area contributed by atoms with E-state index in [-0.39, 0.29) is 18.4 Å². The van der Waals surface area contributed by atoms with Crippen molar-refractivity contribution in [2.75, 3.05) is 32.8 Å². The Morgan fingerprint density at radius 2 is 1.92 bits per heavy atom. The number of rotatable bonds is 2. The molecule has 0 saturated carbocycles. The first-order valence-electron chi connectivity index (χ1n) is 8.19. The van der Waals surface area contributed by atoms with Gasteiger partial charge in [0.05, 0.1) is 50.0 Å². The Labute approximate surface area is 144 Å². The zero-order chi connectivity index (χ0) is 17.2. The van der Waals surface area contributed by atoms with Crippen LogP contribution in [0.15, 0.2) is 30.7 Å². The second-order valence-corrected chi connectivity index (χ2v) is 6.04. The van der Waals surface area contributed by atoms with Crippen molar-refractivity contribution >= 4 is 11.8 Å². The van der Waals surface area contributed by atoms with Crippen LogP contribution in [0.2, 0.25) is 0 Å². The van der Waals surface area contributed by atoms with Gasteiger partial charge < -0.3 is 14.5 Å². The second kappa shape index (κ2) is 6.60. The summed E-state index contributed by atoms with van der Waals surface area (Å²) in [6.07, 6.45) is 4.59. The fourth-order valence-corrected chi connectivity index (χ4v) is 3.23. The second-order valence-electron chi connectivity index (χ2n) is 6.04. The lowest BCUT2D eigenvalue weighted by molar-refractivity contribution is -0.140. The van der Waals surface area contributed by atoms with Crippen LogP contribution < -0.4 is 0 Å². The molecule has 2 aliphatic rings. The van der Waals surface area contributed by atoms with Crippen LogP contribution in [0.1, 0.15) is 22.1 Å². The molecule has 1 atom stereocenters. The van der Waals surface area contributed by atoms with Gasteiger partial charge in [-0.3, -0.25) is 14.3 Å². The van der Waals surface area contributed by atoms with Crippen molar-refractivity contribution in [2.45, 2.75) is 12.6 Å². The third kappa shape index (κ3) is 2.98. The number of nitrogens with zero attached hydrogens (tertiary/aromatic N) is 6. The summed E-state index contributed by atoms with van der Waals surface area (Å²) in [5.41, 5.74) is 1.30. The molecule has 0 unspecified atom stereocenters. The van der Waals surface area contributed by atoms with E-state index in [0.717, 1.165) is 5.69 Å². The van der Waals surface area contributed by atoms with Crippen LogP contribution in [0.5, 0.6) is 0 Å². The van der Waals surface area contributed by atoms with Crippen molar-refractivity contribution in [3.05, 3.63) is 42.0 Å². The van der Waals surface area contributed by atoms with Gasteiger partial charge in [0, 0.05) is 19.3 Å². The molecule has 2 aromatic rings. The number of carbonyl (C=O) groups is 2. The first-order valence-corrected chi connectivity index (χ1v) is 8.19. The third-order valence-corrected chi connectivity index (χ3v) is 4.52. The van der Waals surface area contributed by atoms with Gasteiger partial charge in [0.15, 0.2) is 0 Å². The molecule has 9 heteroatoms. The average Bonchev–Trinajstić information content (AvgIpc) is 3.16. The Bertz CT molecular complexity index is 771. The minimum atomic E-state index is -0.518. The Morgan fingerprint density at radius 3 is 2.68 bits per heavy atom. The van der Waals surface area contributed by atoms with Crippen molar-refractivity contribution in [3.8, 4) is 0 Å². The Hall–Kier alpha value is -2.81. The summed E-state index contributed by atoms with van der Waals surface area (Å²) in [6.45, 7) is 2.90. The van der Waals surface area contributed by atoms with Crippen molar-refractivity contribution in [3.63, 3.8) is 0 Å². The van der Waals surface area contributed by atoms with E-state index in [9.17, 15) is 9.59 Å². The molecule has 1 fully saturated rings. The van der Waals surface area contributed by atoms with Crippen molar-refractivity contribution < 1.29 is 14.3 Å². The van der Waals surface area contributed by atoms with E-state index in [1.807, 2.05) is 6.07 Å². The van der Waals surface area contributed by atoms with Crippen LogP contribution in [0.4, 0.5) is 0 Å². The Kier molecular flexibility index (Phi) is 4.14. The molecule has 0 bridgehead atoms. The standard InChI is InChI=1S/C16H18N6O3/c23-15(12-1-3-17-18-9-12)21-10-13-2-4-19-22(13)14(11-21)16(24)20-5-7-25-8-6-20/h1-4,9,14H,5-8,10-11H2/t14-/m0/s1. The molecule has 0 aromatic carbocycles. The number of hydrogen-bond acceptors (Lipinski definition) is 6. The number of fused-ring (bicyclic) bond motifs is 1. The number of morpholine rings is 1. The first kappa shape index (κ1) is 15.7. The summed E-state index contributed by atoms with van der Waals surface area (Å²) in [5, 5.41) is 11.8. The molecule has 4 heterocycles.